The van der Waals surface area contributed by atoms with E-state index in [4.69, 9.17) is 9.47 Å². The van der Waals surface area contributed by atoms with Gasteiger partial charge >= 0.3 is 5.69 Å². The van der Waals surface area contributed by atoms with Crippen LogP contribution in [0.1, 0.15) is 46.6 Å². The molecular weight excluding hydrogens is 500 g/mol. The first-order valence-electron chi connectivity index (χ1n) is 13.1. The number of benzene rings is 2. The van der Waals surface area contributed by atoms with Crippen molar-refractivity contribution in [3.63, 3.8) is 0 Å². The Morgan fingerprint density at radius 1 is 0.872 bits per heavy atom. The van der Waals surface area contributed by atoms with Crippen molar-refractivity contribution in [1.82, 2.24) is 18.9 Å². The Labute approximate surface area is 226 Å². The highest BCUT2D eigenvalue weighted by Gasteiger charge is 2.31. The van der Waals surface area contributed by atoms with Gasteiger partial charge in [-0.1, -0.05) is 18.2 Å². The van der Waals surface area contributed by atoms with Gasteiger partial charge in [0.05, 0.1) is 19.2 Å². The standard InChI is InChI=1S/C29H32N4O6/c1-19(34)33-12-10-20-16-23-8-9-24(20)27(33)21-6-4-7-22(17-21)38-14-5-11-32(13-15-39-23)28(36)25-18-26(35)31(3)29(37)30(25)2/h4,6-9,16-18,27H,5,10-15H2,1-3H3. The molecule has 4 heterocycles. The Hall–Kier alpha value is -4.34. The van der Waals surface area contributed by atoms with E-state index in [1.165, 1.54) is 24.7 Å². The lowest BCUT2D eigenvalue weighted by molar-refractivity contribution is -0.130. The fourth-order valence-electron chi connectivity index (χ4n) is 5.30. The van der Waals surface area contributed by atoms with Crippen molar-refractivity contribution < 1.29 is 19.1 Å². The fourth-order valence-corrected chi connectivity index (χ4v) is 5.30. The lowest BCUT2D eigenvalue weighted by Crippen LogP contribution is -2.43. The number of carbonyl (C=O) groups excluding carboxylic acids is 2. The van der Waals surface area contributed by atoms with Gasteiger partial charge in [0.25, 0.3) is 11.5 Å². The molecule has 1 unspecified atom stereocenters. The molecule has 39 heavy (non-hydrogen) atoms. The number of nitrogens with zero attached hydrogens (tertiary/aromatic N) is 4. The summed E-state index contributed by atoms with van der Waals surface area (Å²) in [6, 6.07) is 14.6. The molecule has 2 aromatic carbocycles. The quantitative estimate of drug-likeness (QED) is 0.474. The van der Waals surface area contributed by atoms with Crippen LogP contribution >= 0.6 is 0 Å². The number of ether oxygens (including phenoxy) is 2. The summed E-state index contributed by atoms with van der Waals surface area (Å²) in [7, 11) is 2.86. The first-order chi connectivity index (χ1) is 18.7. The van der Waals surface area contributed by atoms with Gasteiger partial charge in [0.15, 0.2) is 0 Å². The highest BCUT2D eigenvalue weighted by molar-refractivity contribution is 5.92. The molecule has 10 nitrogen and oxygen atoms in total. The summed E-state index contributed by atoms with van der Waals surface area (Å²) in [5, 5.41) is 0. The second-order valence-corrected chi connectivity index (χ2v) is 9.91. The SMILES string of the molecule is CC(=O)N1CCc2cc3ccc2C1c1cccc(c1)OCCCN(C(=O)c1cc(=O)n(C)c(=O)n1C)CCO3. The molecule has 1 aromatic heterocycles. The Morgan fingerprint density at radius 2 is 1.64 bits per heavy atom. The van der Waals surface area contributed by atoms with Gasteiger partial charge in [-0.3, -0.25) is 23.5 Å². The third-order valence-corrected chi connectivity index (χ3v) is 7.42. The molecule has 2 amide bonds. The highest BCUT2D eigenvalue weighted by atomic mass is 16.5. The molecule has 0 saturated heterocycles. The second-order valence-electron chi connectivity index (χ2n) is 9.91. The molecule has 3 aliphatic rings. The minimum absolute atomic E-state index is 0.0187. The molecule has 0 spiro atoms. The number of fused-ring (bicyclic) bond motifs is 8. The van der Waals surface area contributed by atoms with E-state index in [0.717, 1.165) is 21.3 Å². The molecule has 204 valence electrons. The smallest absolute Gasteiger partial charge is 0.331 e. The maximum atomic E-state index is 13.5. The van der Waals surface area contributed by atoms with Crippen LogP contribution in [0.3, 0.4) is 0 Å². The largest absolute Gasteiger partial charge is 0.494 e. The third kappa shape index (κ3) is 5.19. The molecular formula is C29H32N4O6. The van der Waals surface area contributed by atoms with Crippen LogP contribution in [0, 0.1) is 0 Å². The first kappa shape index (κ1) is 26.3. The van der Waals surface area contributed by atoms with Crippen LogP contribution < -0.4 is 20.7 Å². The van der Waals surface area contributed by atoms with E-state index < -0.39 is 17.2 Å². The van der Waals surface area contributed by atoms with Crippen LogP contribution in [0.2, 0.25) is 0 Å². The Morgan fingerprint density at radius 3 is 2.44 bits per heavy atom. The number of rotatable bonds is 1. The summed E-state index contributed by atoms with van der Waals surface area (Å²) in [4.78, 5) is 54.1. The molecule has 0 saturated carbocycles. The molecule has 0 N–H and O–H groups in total. The molecule has 6 rings (SSSR count). The van der Waals surface area contributed by atoms with E-state index >= 15 is 0 Å². The van der Waals surface area contributed by atoms with Crippen molar-refractivity contribution >= 4 is 11.8 Å². The Balaban J connectivity index is 1.47. The molecule has 3 aliphatic heterocycles. The van der Waals surface area contributed by atoms with Crippen molar-refractivity contribution in [3.8, 4) is 11.5 Å². The van der Waals surface area contributed by atoms with Crippen LogP contribution in [-0.4, -0.2) is 63.6 Å². The molecule has 10 heteroatoms. The minimum atomic E-state index is -0.560. The minimum Gasteiger partial charge on any atom is -0.494 e. The van der Waals surface area contributed by atoms with Gasteiger partial charge < -0.3 is 19.3 Å². The number of hydrogen-bond acceptors (Lipinski definition) is 6. The van der Waals surface area contributed by atoms with E-state index in [2.05, 4.69) is 0 Å². The average Bonchev–Trinajstić information content (AvgIpc) is 2.93. The van der Waals surface area contributed by atoms with Crippen LogP contribution in [0.5, 0.6) is 11.5 Å². The van der Waals surface area contributed by atoms with E-state index in [0.29, 0.717) is 44.0 Å². The van der Waals surface area contributed by atoms with Crippen molar-refractivity contribution in [2.24, 2.45) is 14.1 Å². The number of hydrogen-bond donors (Lipinski definition) is 0. The summed E-state index contributed by atoms with van der Waals surface area (Å²) in [5.74, 6) is 0.963. The van der Waals surface area contributed by atoms with Crippen molar-refractivity contribution in [1.29, 1.82) is 0 Å². The van der Waals surface area contributed by atoms with Gasteiger partial charge in [-0.2, -0.15) is 0 Å². The topological polar surface area (TPSA) is 103 Å². The average molecular weight is 533 g/mol. The van der Waals surface area contributed by atoms with E-state index in [1.807, 2.05) is 47.4 Å². The molecule has 6 bridgehead atoms. The highest BCUT2D eigenvalue weighted by Crippen LogP contribution is 2.38. The summed E-state index contributed by atoms with van der Waals surface area (Å²) >= 11 is 0. The third-order valence-electron chi connectivity index (χ3n) is 7.42. The summed E-state index contributed by atoms with van der Waals surface area (Å²) in [6.07, 6.45) is 1.23. The number of amides is 2. The molecule has 0 fully saturated rings. The van der Waals surface area contributed by atoms with Crippen LogP contribution in [0.25, 0.3) is 0 Å². The van der Waals surface area contributed by atoms with Crippen molar-refractivity contribution in [3.05, 3.63) is 91.8 Å². The van der Waals surface area contributed by atoms with E-state index in [-0.39, 0.29) is 30.8 Å². The van der Waals surface area contributed by atoms with Crippen molar-refractivity contribution in [2.75, 3.05) is 32.8 Å². The fraction of sp³-hybridized carbons (Fsp3) is 0.379. The maximum absolute atomic E-state index is 13.5. The zero-order valence-electron chi connectivity index (χ0n) is 22.4. The van der Waals surface area contributed by atoms with E-state index in [9.17, 15) is 19.2 Å². The number of aromatic nitrogens is 2. The maximum Gasteiger partial charge on any atom is 0.331 e. The zero-order chi connectivity index (χ0) is 27.7. The predicted octanol–water partition coefficient (Wildman–Crippen LogP) is 1.88. The molecule has 3 aromatic rings. The Bertz CT molecular complexity index is 1540. The second kappa shape index (κ2) is 10.8. The van der Waals surface area contributed by atoms with E-state index in [1.54, 1.807) is 11.8 Å². The zero-order valence-corrected chi connectivity index (χ0v) is 22.4. The predicted molar refractivity (Wildman–Crippen MR) is 144 cm³/mol. The summed E-state index contributed by atoms with van der Waals surface area (Å²) < 4.78 is 14.3. The summed E-state index contributed by atoms with van der Waals surface area (Å²) in [5.41, 5.74) is 2.06. The van der Waals surface area contributed by atoms with Crippen LogP contribution in [0.4, 0.5) is 0 Å². The van der Waals surface area contributed by atoms with Crippen LogP contribution in [-0.2, 0) is 25.3 Å². The molecule has 0 radical (unpaired) electrons. The van der Waals surface area contributed by atoms with Gasteiger partial charge in [-0.15, -0.1) is 0 Å². The van der Waals surface area contributed by atoms with Crippen LogP contribution in [0.15, 0.2) is 58.1 Å². The van der Waals surface area contributed by atoms with Gasteiger partial charge in [0, 0.05) is 40.2 Å². The monoisotopic (exact) mass is 532 g/mol. The van der Waals surface area contributed by atoms with Gasteiger partial charge in [-0.05, 0) is 53.8 Å². The normalized spacial score (nSPS) is 17.4. The molecule has 1 atom stereocenters. The summed E-state index contributed by atoms with van der Waals surface area (Å²) in [6.45, 7) is 3.38. The van der Waals surface area contributed by atoms with Gasteiger partial charge in [0.2, 0.25) is 5.91 Å². The first-order valence-corrected chi connectivity index (χ1v) is 13.1. The lowest BCUT2D eigenvalue weighted by Gasteiger charge is -2.37. The number of carbonyl (C=O) groups is 2. The lowest BCUT2D eigenvalue weighted by atomic mass is 9.88. The van der Waals surface area contributed by atoms with Gasteiger partial charge in [-0.25, -0.2) is 4.79 Å². The Kier molecular flexibility index (Phi) is 7.28. The van der Waals surface area contributed by atoms with Gasteiger partial charge in [0.1, 0.15) is 23.8 Å². The molecule has 0 aliphatic carbocycles. The van der Waals surface area contributed by atoms with Crippen molar-refractivity contribution in [2.45, 2.75) is 25.8 Å².